The third-order valence-electron chi connectivity index (χ3n) is 4.86. The van der Waals surface area contributed by atoms with E-state index in [1.165, 1.54) is 6.42 Å². The summed E-state index contributed by atoms with van der Waals surface area (Å²) in [4.78, 5) is 19.6. The Hall–Kier alpha value is -2.14. The molecule has 5 nitrogen and oxygen atoms in total. The van der Waals surface area contributed by atoms with E-state index in [9.17, 15) is 4.79 Å². The van der Waals surface area contributed by atoms with Crippen LogP contribution in [0.1, 0.15) is 35.8 Å². The van der Waals surface area contributed by atoms with Crippen LogP contribution in [0, 0.1) is 6.92 Å². The number of carbonyl (C=O) groups is 1. The number of methoxy groups -OCH3 is 1. The van der Waals surface area contributed by atoms with Gasteiger partial charge in [0.05, 0.1) is 23.9 Å². The van der Waals surface area contributed by atoms with Crippen molar-refractivity contribution in [2.45, 2.75) is 32.7 Å². The largest absolute Gasteiger partial charge is 0.497 e. The number of ether oxygens (including phenoxy) is 1. The smallest absolute Gasteiger partial charge is 0.253 e. The Kier molecular flexibility index (Phi) is 5.00. The Labute approximate surface area is 143 Å². The van der Waals surface area contributed by atoms with Crippen LogP contribution in [0.5, 0.6) is 5.75 Å². The van der Waals surface area contributed by atoms with Crippen molar-refractivity contribution in [1.82, 2.24) is 15.2 Å². The number of fused-ring (bicyclic) bond motifs is 1. The molecule has 0 bridgehead atoms. The number of rotatable bonds is 5. The highest BCUT2D eigenvalue weighted by Crippen LogP contribution is 2.22. The molecule has 0 radical (unpaired) electrons. The van der Waals surface area contributed by atoms with Crippen LogP contribution in [0.25, 0.3) is 10.9 Å². The first-order valence-corrected chi connectivity index (χ1v) is 8.60. The van der Waals surface area contributed by atoms with Gasteiger partial charge >= 0.3 is 0 Å². The number of nitrogens with one attached hydrogen (secondary N) is 1. The van der Waals surface area contributed by atoms with Crippen molar-refractivity contribution in [2.24, 2.45) is 0 Å². The number of nitrogens with zero attached hydrogens (tertiary/aromatic N) is 2. The Morgan fingerprint density at radius 3 is 3.00 bits per heavy atom. The lowest BCUT2D eigenvalue weighted by Crippen LogP contribution is -2.40. The minimum atomic E-state index is -0.0410. The SMILES string of the molecule is CCN1CCCC1CNC(=O)c1cc2ccc(OC)cc2nc1C. The zero-order chi connectivity index (χ0) is 17.1. The van der Waals surface area contributed by atoms with Crippen molar-refractivity contribution in [1.29, 1.82) is 0 Å². The number of carbonyl (C=O) groups excluding carboxylic acids is 1. The van der Waals surface area contributed by atoms with E-state index in [-0.39, 0.29) is 5.91 Å². The van der Waals surface area contributed by atoms with Gasteiger partial charge in [0.1, 0.15) is 5.75 Å². The lowest BCUT2D eigenvalue weighted by atomic mass is 10.1. The summed E-state index contributed by atoms with van der Waals surface area (Å²) < 4.78 is 5.23. The predicted octanol–water partition coefficient (Wildman–Crippen LogP) is 2.77. The van der Waals surface area contributed by atoms with E-state index < -0.39 is 0 Å². The summed E-state index contributed by atoms with van der Waals surface area (Å²) in [7, 11) is 1.64. The van der Waals surface area contributed by atoms with E-state index in [1.807, 2.05) is 31.2 Å². The molecule has 2 aromatic rings. The fourth-order valence-electron chi connectivity index (χ4n) is 3.45. The van der Waals surface area contributed by atoms with Gasteiger partial charge in [-0.2, -0.15) is 0 Å². The summed E-state index contributed by atoms with van der Waals surface area (Å²) in [6.07, 6.45) is 2.37. The Morgan fingerprint density at radius 1 is 1.42 bits per heavy atom. The van der Waals surface area contributed by atoms with E-state index in [1.54, 1.807) is 7.11 Å². The summed E-state index contributed by atoms with van der Waals surface area (Å²) in [6.45, 7) is 6.93. The molecule has 5 heteroatoms. The molecule has 0 saturated carbocycles. The molecule has 24 heavy (non-hydrogen) atoms. The molecule has 3 rings (SSSR count). The monoisotopic (exact) mass is 327 g/mol. The van der Waals surface area contributed by atoms with E-state index in [2.05, 4.69) is 22.1 Å². The molecule has 1 aliphatic heterocycles. The van der Waals surface area contributed by atoms with Crippen LogP contribution in [-0.4, -0.2) is 48.6 Å². The van der Waals surface area contributed by atoms with Crippen molar-refractivity contribution in [2.75, 3.05) is 26.7 Å². The number of aromatic nitrogens is 1. The van der Waals surface area contributed by atoms with Crippen molar-refractivity contribution in [3.8, 4) is 5.75 Å². The molecule has 1 aromatic carbocycles. The quantitative estimate of drug-likeness (QED) is 0.917. The molecule has 1 aliphatic rings. The van der Waals surface area contributed by atoms with E-state index in [0.29, 0.717) is 18.2 Å². The van der Waals surface area contributed by atoms with Crippen LogP contribution in [0.2, 0.25) is 0 Å². The predicted molar refractivity (Wildman–Crippen MR) is 95.6 cm³/mol. The number of likely N-dealkylation sites (tertiary alicyclic amines) is 1. The van der Waals surface area contributed by atoms with E-state index in [0.717, 1.165) is 41.9 Å². The molecule has 1 fully saturated rings. The molecule has 0 spiro atoms. The first-order valence-electron chi connectivity index (χ1n) is 8.60. The number of hydrogen-bond donors (Lipinski definition) is 1. The van der Waals surface area contributed by atoms with Gasteiger partial charge in [0.15, 0.2) is 0 Å². The van der Waals surface area contributed by atoms with Gasteiger partial charge in [-0.1, -0.05) is 6.92 Å². The Balaban J connectivity index is 1.75. The van der Waals surface area contributed by atoms with E-state index >= 15 is 0 Å². The van der Waals surface area contributed by atoms with Gasteiger partial charge in [-0.25, -0.2) is 0 Å². The standard InChI is InChI=1S/C19H25N3O2/c1-4-22-9-5-6-15(22)12-20-19(23)17-10-14-7-8-16(24-3)11-18(14)21-13(17)2/h7-8,10-11,15H,4-6,9,12H2,1-3H3,(H,20,23). The molecule has 2 heterocycles. The topological polar surface area (TPSA) is 54.5 Å². The second-order valence-corrected chi connectivity index (χ2v) is 6.31. The van der Waals surface area contributed by atoms with Crippen LogP contribution in [0.15, 0.2) is 24.3 Å². The first-order chi connectivity index (χ1) is 11.6. The molecule has 1 atom stereocenters. The van der Waals surface area contributed by atoms with Crippen LogP contribution < -0.4 is 10.1 Å². The molecular formula is C19H25N3O2. The van der Waals surface area contributed by atoms with Crippen molar-refractivity contribution >= 4 is 16.8 Å². The average molecular weight is 327 g/mol. The maximum Gasteiger partial charge on any atom is 0.253 e. The summed E-state index contributed by atoms with van der Waals surface area (Å²) in [5.74, 6) is 0.730. The van der Waals surface area contributed by atoms with Crippen molar-refractivity contribution in [3.05, 3.63) is 35.5 Å². The highest BCUT2D eigenvalue weighted by molar-refractivity contribution is 5.98. The maximum atomic E-state index is 12.6. The lowest BCUT2D eigenvalue weighted by Gasteiger charge is -2.23. The molecule has 1 amide bonds. The molecule has 1 N–H and O–H groups in total. The molecule has 1 unspecified atom stereocenters. The van der Waals surface area contributed by atoms with Crippen LogP contribution in [0.3, 0.4) is 0 Å². The van der Waals surface area contributed by atoms with Gasteiger partial charge in [-0.15, -0.1) is 0 Å². The number of benzene rings is 1. The number of aryl methyl sites for hydroxylation is 1. The number of amides is 1. The minimum absolute atomic E-state index is 0.0410. The molecular weight excluding hydrogens is 302 g/mol. The second kappa shape index (κ2) is 7.18. The van der Waals surface area contributed by atoms with Crippen molar-refractivity contribution < 1.29 is 9.53 Å². The fraction of sp³-hybridized carbons (Fsp3) is 0.474. The zero-order valence-corrected chi connectivity index (χ0v) is 14.6. The van der Waals surface area contributed by atoms with Gasteiger partial charge in [-0.3, -0.25) is 14.7 Å². The van der Waals surface area contributed by atoms with Gasteiger partial charge in [0.25, 0.3) is 5.91 Å². The molecule has 128 valence electrons. The molecule has 0 aliphatic carbocycles. The third kappa shape index (κ3) is 3.36. The number of hydrogen-bond acceptors (Lipinski definition) is 4. The maximum absolute atomic E-state index is 12.6. The number of likely N-dealkylation sites (N-methyl/N-ethyl adjacent to an activating group) is 1. The summed E-state index contributed by atoms with van der Waals surface area (Å²) >= 11 is 0. The Morgan fingerprint density at radius 2 is 2.25 bits per heavy atom. The number of pyridine rings is 1. The minimum Gasteiger partial charge on any atom is -0.497 e. The van der Waals surface area contributed by atoms with Crippen LogP contribution >= 0.6 is 0 Å². The normalized spacial score (nSPS) is 18.0. The Bertz CT molecular complexity index is 745. The average Bonchev–Trinajstić information content (AvgIpc) is 3.06. The van der Waals surface area contributed by atoms with E-state index in [4.69, 9.17) is 4.74 Å². The zero-order valence-electron chi connectivity index (χ0n) is 14.6. The van der Waals surface area contributed by atoms with Gasteiger partial charge in [0, 0.05) is 24.0 Å². The van der Waals surface area contributed by atoms with Crippen LogP contribution in [0.4, 0.5) is 0 Å². The summed E-state index contributed by atoms with van der Waals surface area (Å²) in [5.41, 5.74) is 2.23. The fourth-order valence-corrected chi connectivity index (χ4v) is 3.45. The van der Waals surface area contributed by atoms with Gasteiger partial charge < -0.3 is 10.1 Å². The summed E-state index contributed by atoms with van der Waals surface area (Å²) in [6, 6.07) is 8.09. The molecule has 1 saturated heterocycles. The third-order valence-corrected chi connectivity index (χ3v) is 4.86. The highest BCUT2D eigenvalue weighted by Gasteiger charge is 2.23. The van der Waals surface area contributed by atoms with Crippen LogP contribution in [-0.2, 0) is 0 Å². The lowest BCUT2D eigenvalue weighted by molar-refractivity contribution is 0.0940. The summed E-state index contributed by atoms with van der Waals surface area (Å²) in [5, 5.41) is 4.03. The second-order valence-electron chi connectivity index (χ2n) is 6.31. The first kappa shape index (κ1) is 16.7. The van der Waals surface area contributed by atoms with Crippen molar-refractivity contribution in [3.63, 3.8) is 0 Å². The van der Waals surface area contributed by atoms with Gasteiger partial charge in [0.2, 0.25) is 0 Å². The molecule has 1 aromatic heterocycles. The van der Waals surface area contributed by atoms with Gasteiger partial charge in [-0.05, 0) is 51.1 Å². The highest BCUT2D eigenvalue weighted by atomic mass is 16.5.